The third-order valence-corrected chi connectivity index (χ3v) is 3.93. The normalized spacial score (nSPS) is 15.2. The van der Waals surface area contributed by atoms with Crippen LogP contribution in [0.2, 0.25) is 0 Å². The Morgan fingerprint density at radius 3 is 2.62 bits per heavy atom. The highest BCUT2D eigenvalue weighted by Gasteiger charge is 2.14. The number of hydrogen-bond donors (Lipinski definition) is 1. The van der Waals surface area contributed by atoms with Crippen molar-refractivity contribution in [2.24, 2.45) is 0 Å². The van der Waals surface area contributed by atoms with Crippen LogP contribution in [0.1, 0.15) is 38.8 Å². The molecule has 21 heavy (non-hydrogen) atoms. The van der Waals surface area contributed by atoms with Gasteiger partial charge in [0.1, 0.15) is 13.2 Å². The molecule has 0 fully saturated rings. The van der Waals surface area contributed by atoms with Crippen molar-refractivity contribution in [3.63, 3.8) is 0 Å². The molecule has 0 saturated heterocycles. The molecule has 0 spiro atoms. The van der Waals surface area contributed by atoms with Crippen LogP contribution in [-0.2, 0) is 0 Å². The summed E-state index contributed by atoms with van der Waals surface area (Å²) in [6.45, 7) is 12.3. The first-order valence-corrected chi connectivity index (χ1v) is 8.09. The Morgan fingerprint density at radius 2 is 1.90 bits per heavy atom. The fraction of sp³-hybridized carbons (Fsp3) is 0.647. The second kappa shape index (κ2) is 8.25. The van der Waals surface area contributed by atoms with Crippen molar-refractivity contribution in [3.8, 4) is 11.5 Å². The zero-order chi connectivity index (χ0) is 15.1. The average Bonchev–Trinajstić information content (AvgIpc) is 2.53. The molecule has 1 aliphatic heterocycles. The van der Waals surface area contributed by atoms with Gasteiger partial charge in [-0.15, -0.1) is 0 Å². The molecular formula is C17H28N2O2. The van der Waals surface area contributed by atoms with E-state index in [1.54, 1.807) is 0 Å². The van der Waals surface area contributed by atoms with E-state index in [9.17, 15) is 0 Å². The molecule has 0 radical (unpaired) electrons. The summed E-state index contributed by atoms with van der Waals surface area (Å²) in [6, 6.07) is 6.54. The second-order valence-corrected chi connectivity index (χ2v) is 5.51. The summed E-state index contributed by atoms with van der Waals surface area (Å²) in [7, 11) is 0. The Morgan fingerprint density at radius 1 is 1.14 bits per heavy atom. The minimum absolute atomic E-state index is 0.321. The molecule has 2 rings (SSSR count). The van der Waals surface area contributed by atoms with Gasteiger partial charge in [0, 0.05) is 19.1 Å². The molecule has 1 heterocycles. The summed E-state index contributed by atoms with van der Waals surface area (Å²) >= 11 is 0. The predicted molar refractivity (Wildman–Crippen MR) is 86.3 cm³/mol. The molecule has 1 aromatic carbocycles. The Labute approximate surface area is 128 Å². The molecule has 0 bridgehead atoms. The summed E-state index contributed by atoms with van der Waals surface area (Å²) in [6.07, 6.45) is 1.21. The first kappa shape index (κ1) is 16.1. The van der Waals surface area contributed by atoms with E-state index in [-0.39, 0.29) is 0 Å². The zero-order valence-electron chi connectivity index (χ0n) is 13.5. The quantitative estimate of drug-likeness (QED) is 0.799. The topological polar surface area (TPSA) is 33.7 Å². The van der Waals surface area contributed by atoms with Gasteiger partial charge in [-0.05, 0) is 44.1 Å². The fourth-order valence-electron chi connectivity index (χ4n) is 2.63. The van der Waals surface area contributed by atoms with E-state index < -0.39 is 0 Å². The molecule has 0 saturated carbocycles. The highest BCUT2D eigenvalue weighted by atomic mass is 16.6. The van der Waals surface area contributed by atoms with E-state index in [1.807, 2.05) is 6.07 Å². The van der Waals surface area contributed by atoms with Crippen LogP contribution in [-0.4, -0.2) is 44.3 Å². The summed E-state index contributed by atoms with van der Waals surface area (Å²) in [5.41, 5.74) is 1.25. The minimum Gasteiger partial charge on any atom is -0.486 e. The van der Waals surface area contributed by atoms with Crippen molar-refractivity contribution < 1.29 is 9.47 Å². The van der Waals surface area contributed by atoms with Gasteiger partial charge < -0.3 is 19.7 Å². The molecule has 0 aromatic heterocycles. The van der Waals surface area contributed by atoms with Crippen LogP contribution in [0.3, 0.4) is 0 Å². The van der Waals surface area contributed by atoms with Crippen molar-refractivity contribution in [2.75, 3.05) is 39.4 Å². The first-order chi connectivity index (χ1) is 10.2. The van der Waals surface area contributed by atoms with Crippen molar-refractivity contribution in [1.82, 2.24) is 10.2 Å². The van der Waals surface area contributed by atoms with Crippen LogP contribution in [0.15, 0.2) is 18.2 Å². The number of nitrogens with one attached hydrogen (secondary N) is 1. The molecule has 1 atom stereocenters. The summed E-state index contributed by atoms with van der Waals surface area (Å²) in [4.78, 5) is 2.48. The van der Waals surface area contributed by atoms with E-state index in [0.29, 0.717) is 19.3 Å². The second-order valence-electron chi connectivity index (χ2n) is 5.51. The van der Waals surface area contributed by atoms with Crippen LogP contribution < -0.4 is 14.8 Å². The Bertz CT molecular complexity index is 437. The van der Waals surface area contributed by atoms with Gasteiger partial charge in [0.15, 0.2) is 11.5 Å². The number of nitrogens with zero attached hydrogens (tertiary/aromatic N) is 1. The summed E-state index contributed by atoms with van der Waals surface area (Å²) in [5.74, 6) is 1.73. The van der Waals surface area contributed by atoms with E-state index in [4.69, 9.17) is 9.47 Å². The van der Waals surface area contributed by atoms with Crippen LogP contribution in [0.5, 0.6) is 11.5 Å². The zero-order valence-corrected chi connectivity index (χ0v) is 13.5. The van der Waals surface area contributed by atoms with E-state index in [1.165, 1.54) is 18.5 Å². The average molecular weight is 292 g/mol. The van der Waals surface area contributed by atoms with Gasteiger partial charge in [0.05, 0.1) is 0 Å². The number of hydrogen-bond acceptors (Lipinski definition) is 4. The molecule has 1 N–H and O–H groups in total. The lowest BCUT2D eigenvalue weighted by molar-refractivity contribution is 0.171. The molecule has 118 valence electrons. The van der Waals surface area contributed by atoms with Crippen molar-refractivity contribution in [3.05, 3.63) is 23.8 Å². The maximum Gasteiger partial charge on any atom is 0.161 e. The third kappa shape index (κ3) is 4.61. The highest BCUT2D eigenvalue weighted by molar-refractivity contribution is 5.44. The minimum atomic E-state index is 0.321. The number of fused-ring (bicyclic) bond motifs is 1. The van der Waals surface area contributed by atoms with Gasteiger partial charge in [-0.3, -0.25) is 0 Å². The first-order valence-electron chi connectivity index (χ1n) is 8.09. The maximum atomic E-state index is 5.65. The maximum absolute atomic E-state index is 5.65. The van der Waals surface area contributed by atoms with Crippen LogP contribution >= 0.6 is 0 Å². The van der Waals surface area contributed by atoms with Gasteiger partial charge in [0.2, 0.25) is 0 Å². The number of rotatable bonds is 8. The fourth-order valence-corrected chi connectivity index (χ4v) is 2.63. The van der Waals surface area contributed by atoms with E-state index in [2.05, 4.69) is 43.1 Å². The molecule has 1 unspecified atom stereocenters. The molecule has 0 amide bonds. The molecule has 4 heteroatoms. The van der Waals surface area contributed by atoms with E-state index >= 15 is 0 Å². The monoisotopic (exact) mass is 292 g/mol. The van der Waals surface area contributed by atoms with Crippen LogP contribution in [0.4, 0.5) is 0 Å². The molecule has 1 aromatic rings. The third-order valence-electron chi connectivity index (χ3n) is 3.93. The molecule has 0 aliphatic carbocycles. The number of benzene rings is 1. The smallest absolute Gasteiger partial charge is 0.161 e. The predicted octanol–water partition coefficient (Wildman–Crippen LogP) is 2.84. The van der Waals surface area contributed by atoms with Crippen molar-refractivity contribution >= 4 is 0 Å². The van der Waals surface area contributed by atoms with E-state index in [0.717, 1.165) is 31.1 Å². The van der Waals surface area contributed by atoms with Gasteiger partial charge in [0.25, 0.3) is 0 Å². The van der Waals surface area contributed by atoms with Gasteiger partial charge in [-0.2, -0.15) is 0 Å². The molecule has 4 nitrogen and oxygen atoms in total. The number of likely N-dealkylation sites (N-methyl/N-ethyl adjacent to an activating group) is 1. The summed E-state index contributed by atoms with van der Waals surface area (Å²) < 4.78 is 11.2. The van der Waals surface area contributed by atoms with Gasteiger partial charge in [-0.25, -0.2) is 0 Å². The SMILES string of the molecule is CCCN(CC)CCNC(C)c1ccc2c(c1)OCCO2. The molecule has 1 aliphatic rings. The van der Waals surface area contributed by atoms with Crippen LogP contribution in [0, 0.1) is 0 Å². The Hall–Kier alpha value is -1.26. The standard InChI is InChI=1S/C17H28N2O2/c1-4-9-19(5-2)10-8-18-14(3)15-6-7-16-17(13-15)21-12-11-20-16/h6-7,13-14,18H,4-5,8-12H2,1-3H3. The van der Waals surface area contributed by atoms with Crippen molar-refractivity contribution in [2.45, 2.75) is 33.2 Å². The lowest BCUT2D eigenvalue weighted by Gasteiger charge is -2.23. The Kier molecular flexibility index (Phi) is 6.33. The lowest BCUT2D eigenvalue weighted by Crippen LogP contribution is -2.33. The largest absolute Gasteiger partial charge is 0.486 e. The van der Waals surface area contributed by atoms with Gasteiger partial charge in [-0.1, -0.05) is 19.9 Å². The van der Waals surface area contributed by atoms with Gasteiger partial charge >= 0.3 is 0 Å². The lowest BCUT2D eigenvalue weighted by atomic mass is 10.1. The van der Waals surface area contributed by atoms with Crippen molar-refractivity contribution in [1.29, 1.82) is 0 Å². The van der Waals surface area contributed by atoms with Crippen LogP contribution in [0.25, 0.3) is 0 Å². The summed E-state index contributed by atoms with van der Waals surface area (Å²) in [5, 5.41) is 3.59. The molecular weight excluding hydrogens is 264 g/mol. The number of ether oxygens (including phenoxy) is 2. The Balaban J connectivity index is 1.84. The highest BCUT2D eigenvalue weighted by Crippen LogP contribution is 2.32.